The molecule has 36 nitrogen and oxygen atoms in total. The molecule has 1 atom stereocenters. The smallest absolute Gasteiger partial charge is 0.252 e. The minimum Gasteiger partial charge on any atom is -0.479 e. The zero-order chi connectivity index (χ0) is 97.1. The molecule has 1 unspecified atom stereocenters. The normalized spacial score (nSPS) is 10.6. The van der Waals surface area contributed by atoms with Crippen LogP contribution in [0.1, 0.15) is 98.6 Å². The maximum Gasteiger partial charge on any atom is 0.252 e. The lowest BCUT2D eigenvalue weighted by Crippen LogP contribution is -2.18. The number of nitrogens with zero attached hydrogens (tertiary/aromatic N) is 15. The molecule has 0 aliphatic rings. The van der Waals surface area contributed by atoms with Gasteiger partial charge in [0.25, 0.3) is 35.4 Å². The van der Waals surface area contributed by atoms with Crippen LogP contribution in [-0.4, -0.2) is 112 Å². The summed E-state index contributed by atoms with van der Waals surface area (Å²) in [6.45, 7) is 1.52. The first-order chi connectivity index (χ1) is 65.7. The van der Waals surface area contributed by atoms with Gasteiger partial charge in [-0.15, -0.1) is 25.2 Å². The number of aromatic nitrogens is 12. The molecule has 0 radical (unpaired) electrons. The van der Waals surface area contributed by atoms with Crippen LogP contribution in [0.4, 0.5) is 71.3 Å². The van der Waals surface area contributed by atoms with Gasteiger partial charge in [-0.05, 0) is 170 Å². The summed E-state index contributed by atoms with van der Waals surface area (Å²) in [6, 6.07) is 54.6. The van der Waals surface area contributed by atoms with E-state index in [2.05, 4.69) is 86.5 Å². The molecule has 0 aliphatic carbocycles. The van der Waals surface area contributed by atoms with E-state index in [9.17, 15) is 37.5 Å². The Hall–Kier alpha value is -19.0. The molecule has 6 amide bonds. The van der Waals surface area contributed by atoms with Crippen LogP contribution in [0.2, 0.25) is 10.0 Å². The molecule has 0 saturated heterocycles. The lowest BCUT2D eigenvalue weighted by atomic mass is 10.1. The van der Waals surface area contributed by atoms with Crippen molar-refractivity contribution in [3.05, 3.63) is 316 Å². The minimum atomic E-state index is -0.676. The van der Waals surface area contributed by atoms with Crippen molar-refractivity contribution in [3.63, 3.8) is 0 Å². The molecular weight excluding hydrogens is 1780 g/mol. The number of anilines is 11. The molecule has 0 spiro atoms. The average Bonchev–Trinajstić information content (AvgIpc) is 1.76. The van der Waals surface area contributed by atoms with E-state index in [1.807, 2.05) is 78.9 Å². The summed E-state index contributed by atoms with van der Waals surface area (Å²) in [7, 11) is 0. The third-order valence-corrected chi connectivity index (χ3v) is 20.5. The fourth-order valence-electron chi connectivity index (χ4n) is 13.3. The summed E-state index contributed by atoms with van der Waals surface area (Å²) in [5.41, 5.74) is 49.1. The van der Waals surface area contributed by atoms with Crippen molar-refractivity contribution >= 4 is 154 Å². The van der Waals surface area contributed by atoms with Gasteiger partial charge in [0.1, 0.15) is 36.0 Å². The molecule has 17 aromatic rings. The number of carbonyl (C=O) groups is 6. The molecule has 0 saturated carbocycles. The predicted octanol–water partition coefficient (Wildman–Crippen LogP) is 14.3. The Balaban J connectivity index is 0.000000147. The van der Waals surface area contributed by atoms with Crippen molar-refractivity contribution in [3.8, 4) is 66.7 Å². The van der Waals surface area contributed by atoms with Crippen molar-refractivity contribution < 1.29 is 51.9 Å². The second-order valence-electron chi connectivity index (χ2n) is 28.6. The van der Waals surface area contributed by atoms with E-state index in [4.69, 9.17) is 107 Å². The van der Waals surface area contributed by atoms with Crippen molar-refractivity contribution in [2.24, 2.45) is 34.4 Å². The molecule has 136 heavy (non-hydrogen) atoms. The highest BCUT2D eigenvalue weighted by Crippen LogP contribution is 2.38. The highest BCUT2D eigenvalue weighted by molar-refractivity contribution is 6.32. The number of para-hydroxylation sites is 1. The largest absolute Gasteiger partial charge is 0.479 e. The molecule has 0 bridgehead atoms. The second kappa shape index (κ2) is 45.3. The van der Waals surface area contributed by atoms with Crippen LogP contribution in [-0.2, 0) is 24.1 Å². The number of aryl methyl sites for hydroxylation is 1. The molecule has 680 valence electrons. The number of terminal acetylenes is 3. The molecule has 40 heteroatoms. The summed E-state index contributed by atoms with van der Waals surface area (Å²) >= 11 is 12.5. The van der Waals surface area contributed by atoms with Crippen molar-refractivity contribution in [1.82, 2.24) is 57.7 Å². The molecule has 12 heterocycles. The molecule has 0 fully saturated rings. The molecule has 0 aliphatic heterocycles. The van der Waals surface area contributed by atoms with Gasteiger partial charge in [0.05, 0.1) is 161 Å². The summed E-state index contributed by atoms with van der Waals surface area (Å²) in [6.07, 6.45) is 36.3. The number of hydrogen-bond donors (Lipinski definition) is 12. The second-order valence-corrected chi connectivity index (χ2v) is 29.4. The van der Waals surface area contributed by atoms with Crippen molar-refractivity contribution in [2.45, 2.75) is 45.1 Å². The number of nitrogens with one attached hydrogen (secondary N) is 6. The SMILES string of the molecule is C#CC(C)ONc1c(C(N)=O)cnn2cccc12.C#CCCc1ccc(Nc2c(C(N)=O)cnn3cccc23)cc1Cl.C#CCOc1ccc(Nc2c(C(N)=O)cnn3cccc23)cc1Cl.N#CCCc1c(F)cccc1Nc1c(C(N)=O)cnn2cccc12.N#CCOc1c(F)cccc1Nc1c(C(N)=O)cnn2cccc12.N#CCc1ccc(Nc2c(C(N)=O)cnn3cccc23)cc1. The van der Waals surface area contributed by atoms with Crippen LogP contribution >= 0.6 is 23.2 Å². The van der Waals surface area contributed by atoms with E-state index in [0.717, 1.165) is 45.5 Å². The quantitative estimate of drug-likeness (QED) is 0.0160. The molecule has 12 aromatic heterocycles. The third kappa shape index (κ3) is 23.4. The standard InChI is InChI=1S/C18H15ClN4O.C17H13ClN4O2.C17H14FN5O.C16H12FN5O2.C16H13N5O.C12H12N4O2/c1-2-3-5-12-7-8-13(10-15(12)19)22-17-14(18(20)24)11-21-23-9-4-6-16(17)23;1-2-8-24-15-6-5-11(9-13(15)18)21-16-12(17(19)23)10-20-22-7-3-4-14(16)22;18-13-5-1-6-14(11(13)4-2-8-19)22-16-12(17(20)24)10-21-23-9-3-7-15(16)23;17-11-3-1-4-12(15(11)24-8-6-18)21-14-10(16(19)23)9-20-22-7-2-5-13(14)22;17-8-7-11-3-5-12(6-4-11)20-15-13(16(18)22)10-19-21-9-1-2-14(15)21;1-3-8(2)18-15-11-9(12(13)17)7-14-16-6-4-5-10(11)16/h1,4,6-11,22H,3,5H2,(H2,20,24);1,3-7,9-10,21H,8H2,(H2,19,23);1,3,5-7,9-10,22H,2,4H2,(H2,20,24);1-5,7,9,21H,8H2,(H2,19,23);1-6,9-10,20H,7H2,(H2,18,22);1,4-8,15H,2H3,(H2,13,17). The molecule has 18 N–H and O–H groups in total. The number of halogens is 4. The first-order valence-electron chi connectivity index (χ1n) is 40.5. The van der Waals surface area contributed by atoms with E-state index in [-0.39, 0.29) is 59.7 Å². The summed E-state index contributed by atoms with van der Waals surface area (Å²) in [5, 5.41) is 67.5. The van der Waals surface area contributed by atoms with Gasteiger partial charge in [-0.3, -0.25) is 39.1 Å². The number of ether oxygens (including phenoxy) is 2. The van der Waals surface area contributed by atoms with Gasteiger partial charge in [0.15, 0.2) is 18.2 Å². The lowest BCUT2D eigenvalue weighted by molar-refractivity contribution is 0.0990. The Morgan fingerprint density at radius 3 is 1.18 bits per heavy atom. The Morgan fingerprint density at radius 1 is 0.412 bits per heavy atom. The summed E-state index contributed by atoms with van der Waals surface area (Å²) in [4.78, 5) is 75.0. The Labute approximate surface area is 782 Å². The van der Waals surface area contributed by atoms with Crippen LogP contribution in [0.5, 0.6) is 11.5 Å². The van der Waals surface area contributed by atoms with Gasteiger partial charge in [-0.1, -0.05) is 65.4 Å². The van der Waals surface area contributed by atoms with E-state index in [0.29, 0.717) is 107 Å². The number of amides is 6. The number of nitrogens with two attached hydrogens (primary N) is 6. The van der Waals surface area contributed by atoms with Crippen LogP contribution in [0, 0.1) is 82.7 Å². The van der Waals surface area contributed by atoms with Crippen LogP contribution in [0.25, 0.3) is 33.1 Å². The van der Waals surface area contributed by atoms with Crippen molar-refractivity contribution in [1.29, 1.82) is 15.8 Å². The van der Waals surface area contributed by atoms with Crippen molar-refractivity contribution in [2.75, 3.05) is 45.3 Å². The number of rotatable bonds is 28. The molecule has 5 aromatic carbocycles. The van der Waals surface area contributed by atoms with Gasteiger partial charge < -0.3 is 70.5 Å². The van der Waals surface area contributed by atoms with Crippen LogP contribution in [0.3, 0.4) is 0 Å². The first-order valence-corrected chi connectivity index (χ1v) is 41.3. The van der Waals surface area contributed by atoms with E-state index in [1.165, 1.54) is 55.4 Å². The number of fused-ring (bicyclic) bond motifs is 6. The topological polar surface area (TPSA) is 534 Å². The highest BCUT2D eigenvalue weighted by Gasteiger charge is 2.23. The molecule has 17 rings (SSSR count). The number of primary amides is 6. The van der Waals surface area contributed by atoms with Gasteiger partial charge >= 0.3 is 0 Å². The number of hydrogen-bond acceptors (Lipinski definition) is 24. The van der Waals surface area contributed by atoms with Crippen LogP contribution in [0.15, 0.2) is 244 Å². The number of carbonyl (C=O) groups excluding carboxylic acids is 6. The van der Waals surface area contributed by atoms with E-state index < -0.39 is 53.2 Å². The zero-order valence-electron chi connectivity index (χ0n) is 71.7. The van der Waals surface area contributed by atoms with Gasteiger partial charge in [-0.25, -0.2) is 35.9 Å². The average molecular weight is 1860 g/mol. The fraction of sp³-hybridized carbons (Fsp3) is 0.0938. The Kier molecular flexibility index (Phi) is 32.0. The lowest BCUT2D eigenvalue weighted by Gasteiger charge is -2.15. The predicted molar refractivity (Wildman–Crippen MR) is 510 cm³/mol. The van der Waals surface area contributed by atoms with E-state index in [1.54, 1.807) is 156 Å². The Bertz CT molecular complexity index is 7320. The van der Waals surface area contributed by atoms with Crippen LogP contribution < -0.4 is 75.9 Å². The molecular formula is C96H79Cl2F2N27O9. The fourth-order valence-corrected chi connectivity index (χ4v) is 13.9. The minimum absolute atomic E-state index is 0.115. The maximum absolute atomic E-state index is 14.1. The van der Waals surface area contributed by atoms with E-state index >= 15 is 0 Å². The summed E-state index contributed by atoms with van der Waals surface area (Å²) in [5.74, 6) is 3.14. The zero-order valence-corrected chi connectivity index (χ0v) is 73.2. The maximum atomic E-state index is 14.1. The summed E-state index contributed by atoms with van der Waals surface area (Å²) < 4.78 is 48.3. The number of nitriles is 3. The van der Waals surface area contributed by atoms with Gasteiger partial charge in [-0.2, -0.15) is 46.4 Å². The first kappa shape index (κ1) is 96.1. The number of benzene rings is 5. The van der Waals surface area contributed by atoms with Gasteiger partial charge in [0, 0.05) is 83.4 Å². The Morgan fingerprint density at radius 2 is 0.794 bits per heavy atom. The monoisotopic (exact) mass is 1860 g/mol. The highest BCUT2D eigenvalue weighted by atomic mass is 35.5. The third-order valence-electron chi connectivity index (χ3n) is 19.8. The van der Waals surface area contributed by atoms with Gasteiger partial charge in [0.2, 0.25) is 0 Å².